The predicted molar refractivity (Wildman–Crippen MR) is 212 cm³/mol. The van der Waals surface area contributed by atoms with Gasteiger partial charge in [-0.05, 0) is 64.4 Å². The summed E-state index contributed by atoms with van der Waals surface area (Å²) in [6, 6.07) is 45.2. The Kier molecular flexibility index (Phi) is 9.46. The van der Waals surface area contributed by atoms with Crippen LogP contribution in [0, 0.1) is 12.8 Å². The Hall–Kier alpha value is -5.86. The van der Waals surface area contributed by atoms with Crippen molar-refractivity contribution in [3.8, 4) is 33.6 Å². The molecule has 3 heterocycles. The summed E-state index contributed by atoms with van der Waals surface area (Å²) in [6.07, 6.45) is 0. The molecule has 52 heavy (non-hydrogen) atoms. The smallest absolute Gasteiger partial charge is 0.195 e. The lowest BCUT2D eigenvalue weighted by Crippen LogP contribution is -2.53. The molecule has 7 aromatic rings. The van der Waals surface area contributed by atoms with Gasteiger partial charge >= 0.3 is 0 Å². The van der Waals surface area contributed by atoms with Crippen LogP contribution in [0.25, 0.3) is 44.5 Å². The van der Waals surface area contributed by atoms with Gasteiger partial charge in [0.2, 0.25) is 0 Å². The van der Waals surface area contributed by atoms with Crippen molar-refractivity contribution in [1.29, 1.82) is 0 Å². The van der Waals surface area contributed by atoms with Crippen molar-refractivity contribution >= 4 is 22.5 Å². The van der Waals surface area contributed by atoms with Crippen LogP contribution in [0.4, 0.5) is 11.6 Å². The standard InChI is InChI=1S/C44H44N8/c1-30(2)41-29-51(25-24-45-41)43-44(50-49-42(46-43)34-22-23-40-39(26-34)31(3)47-48-40)52(27-35-18-10-12-20-37(35)32-14-6-4-7-15-32)28-36-19-11-13-21-38(36)33-16-8-5-9-17-33/h4-23,26,30,41,45H,24-25,27-29H2,1-3H3,(H,47,48). The normalized spacial score (nSPS) is 14.6. The second-order valence-electron chi connectivity index (χ2n) is 14.0. The highest BCUT2D eigenvalue weighted by atomic mass is 15.4. The first-order valence-corrected chi connectivity index (χ1v) is 18.2. The Morgan fingerprint density at radius 2 is 1.35 bits per heavy atom. The molecule has 0 spiro atoms. The van der Waals surface area contributed by atoms with Crippen LogP contribution in [-0.4, -0.2) is 51.1 Å². The zero-order valence-electron chi connectivity index (χ0n) is 30.0. The number of nitrogens with one attached hydrogen (secondary N) is 2. The van der Waals surface area contributed by atoms with Crippen molar-refractivity contribution < 1.29 is 0 Å². The van der Waals surface area contributed by atoms with E-state index in [1.807, 2.05) is 19.1 Å². The van der Waals surface area contributed by atoms with Gasteiger partial charge in [-0.1, -0.05) is 123 Å². The highest BCUT2D eigenvalue weighted by Crippen LogP contribution is 2.35. The minimum Gasteiger partial charge on any atom is -0.351 e. The van der Waals surface area contributed by atoms with Gasteiger partial charge in [0.05, 0.1) is 5.52 Å². The Labute approximate surface area is 305 Å². The van der Waals surface area contributed by atoms with Crippen molar-refractivity contribution in [2.45, 2.75) is 39.9 Å². The molecular weight excluding hydrogens is 641 g/mol. The van der Waals surface area contributed by atoms with Crippen LogP contribution in [0.1, 0.15) is 30.7 Å². The number of fused-ring (bicyclic) bond motifs is 1. The number of rotatable bonds is 10. The van der Waals surface area contributed by atoms with E-state index < -0.39 is 0 Å². The molecule has 1 fully saturated rings. The van der Waals surface area contributed by atoms with Gasteiger partial charge in [0.1, 0.15) is 0 Å². The highest BCUT2D eigenvalue weighted by Gasteiger charge is 2.29. The summed E-state index contributed by atoms with van der Waals surface area (Å²) in [6.45, 7) is 10.4. The lowest BCUT2D eigenvalue weighted by atomic mass is 9.97. The molecule has 8 rings (SSSR count). The van der Waals surface area contributed by atoms with Crippen LogP contribution >= 0.6 is 0 Å². The van der Waals surface area contributed by atoms with E-state index >= 15 is 0 Å². The SMILES string of the molecule is Cc1[nH]nc2ccc(-c3nnc(N(Cc4ccccc4-c4ccccc4)Cc4ccccc4-c4ccccc4)c(N4CCNC(C(C)C)C4)n3)cc12. The molecule has 5 aromatic carbocycles. The summed E-state index contributed by atoms with van der Waals surface area (Å²) in [5.74, 6) is 2.71. The third-order valence-electron chi connectivity index (χ3n) is 10.2. The maximum Gasteiger partial charge on any atom is 0.195 e. The van der Waals surface area contributed by atoms with Crippen LogP contribution in [0.2, 0.25) is 0 Å². The van der Waals surface area contributed by atoms with E-state index in [1.54, 1.807) is 0 Å². The number of nitrogens with zero attached hydrogens (tertiary/aromatic N) is 6. The molecule has 0 saturated carbocycles. The number of piperazine rings is 1. The Balaban J connectivity index is 1.28. The molecule has 8 nitrogen and oxygen atoms in total. The van der Waals surface area contributed by atoms with Gasteiger partial charge in [0.25, 0.3) is 0 Å². The van der Waals surface area contributed by atoms with Gasteiger partial charge in [0, 0.05) is 55.4 Å². The monoisotopic (exact) mass is 684 g/mol. The van der Waals surface area contributed by atoms with Gasteiger partial charge in [-0.15, -0.1) is 10.2 Å². The van der Waals surface area contributed by atoms with E-state index in [4.69, 9.17) is 15.2 Å². The quantitative estimate of drug-likeness (QED) is 0.149. The molecule has 1 atom stereocenters. The highest BCUT2D eigenvalue weighted by molar-refractivity contribution is 5.85. The molecule has 2 N–H and O–H groups in total. The molecule has 0 radical (unpaired) electrons. The number of hydrogen-bond acceptors (Lipinski definition) is 7. The molecule has 1 aliphatic heterocycles. The lowest BCUT2D eigenvalue weighted by Gasteiger charge is -2.38. The number of aryl methyl sites for hydroxylation is 1. The van der Waals surface area contributed by atoms with E-state index in [0.29, 0.717) is 30.9 Å². The van der Waals surface area contributed by atoms with Gasteiger partial charge in [-0.2, -0.15) is 5.10 Å². The fourth-order valence-corrected chi connectivity index (χ4v) is 7.28. The van der Waals surface area contributed by atoms with Crippen LogP contribution in [0.15, 0.2) is 127 Å². The number of H-pyrrole nitrogens is 1. The summed E-state index contributed by atoms with van der Waals surface area (Å²) >= 11 is 0. The number of aromatic nitrogens is 5. The molecular formula is C44H44N8. The summed E-state index contributed by atoms with van der Waals surface area (Å²) in [5, 5.41) is 22.3. The Morgan fingerprint density at radius 3 is 1.98 bits per heavy atom. The first-order chi connectivity index (χ1) is 25.5. The average Bonchev–Trinajstić information content (AvgIpc) is 3.58. The summed E-state index contributed by atoms with van der Waals surface area (Å²) in [5.41, 5.74) is 10.1. The molecule has 0 bridgehead atoms. The largest absolute Gasteiger partial charge is 0.351 e. The van der Waals surface area contributed by atoms with Crippen molar-refractivity contribution in [1.82, 2.24) is 30.7 Å². The maximum atomic E-state index is 5.40. The van der Waals surface area contributed by atoms with Crippen LogP contribution in [0.5, 0.6) is 0 Å². The van der Waals surface area contributed by atoms with E-state index in [1.165, 1.54) is 33.4 Å². The van der Waals surface area contributed by atoms with Crippen LogP contribution in [-0.2, 0) is 13.1 Å². The lowest BCUT2D eigenvalue weighted by molar-refractivity contribution is 0.367. The first-order valence-electron chi connectivity index (χ1n) is 18.2. The molecule has 2 aromatic heterocycles. The van der Waals surface area contributed by atoms with Crippen molar-refractivity contribution in [2.75, 3.05) is 29.4 Å². The molecule has 260 valence electrons. The molecule has 0 amide bonds. The number of aromatic amines is 1. The van der Waals surface area contributed by atoms with E-state index in [0.717, 1.165) is 53.4 Å². The second-order valence-corrected chi connectivity index (χ2v) is 14.0. The number of anilines is 2. The summed E-state index contributed by atoms with van der Waals surface area (Å²) in [4.78, 5) is 10.2. The first kappa shape index (κ1) is 33.3. The minimum absolute atomic E-state index is 0.330. The second kappa shape index (κ2) is 14.8. The molecule has 1 unspecified atom stereocenters. The van der Waals surface area contributed by atoms with Gasteiger partial charge in [0.15, 0.2) is 17.5 Å². The number of benzene rings is 5. The molecule has 0 aliphatic carbocycles. The molecule has 8 heteroatoms. The van der Waals surface area contributed by atoms with E-state index in [2.05, 4.69) is 154 Å². The van der Waals surface area contributed by atoms with Crippen molar-refractivity contribution in [3.63, 3.8) is 0 Å². The molecule has 1 saturated heterocycles. The summed E-state index contributed by atoms with van der Waals surface area (Å²) in [7, 11) is 0. The van der Waals surface area contributed by atoms with Gasteiger partial charge < -0.3 is 15.1 Å². The fourth-order valence-electron chi connectivity index (χ4n) is 7.28. The fraction of sp³-hybridized carbons (Fsp3) is 0.227. The average molecular weight is 685 g/mol. The van der Waals surface area contributed by atoms with Gasteiger partial charge in [-0.3, -0.25) is 5.10 Å². The minimum atomic E-state index is 0.330. The zero-order chi connectivity index (χ0) is 35.4. The van der Waals surface area contributed by atoms with Crippen LogP contribution in [0.3, 0.4) is 0 Å². The Morgan fingerprint density at radius 1 is 0.731 bits per heavy atom. The Bertz CT molecular complexity index is 2200. The van der Waals surface area contributed by atoms with Crippen LogP contribution < -0.4 is 15.1 Å². The third kappa shape index (κ3) is 6.90. The van der Waals surface area contributed by atoms with Gasteiger partial charge in [-0.25, -0.2) is 4.98 Å². The van der Waals surface area contributed by atoms with Crippen molar-refractivity contribution in [2.24, 2.45) is 5.92 Å². The predicted octanol–water partition coefficient (Wildman–Crippen LogP) is 8.70. The third-order valence-corrected chi connectivity index (χ3v) is 10.2. The maximum absolute atomic E-state index is 5.40. The van der Waals surface area contributed by atoms with E-state index in [-0.39, 0.29) is 0 Å². The summed E-state index contributed by atoms with van der Waals surface area (Å²) < 4.78 is 0. The number of hydrogen-bond donors (Lipinski definition) is 2. The topological polar surface area (TPSA) is 85.9 Å². The zero-order valence-corrected chi connectivity index (χ0v) is 30.0. The van der Waals surface area contributed by atoms with E-state index in [9.17, 15) is 0 Å². The molecule has 1 aliphatic rings. The van der Waals surface area contributed by atoms with Crippen molar-refractivity contribution in [3.05, 3.63) is 144 Å².